The molecule has 28 heavy (non-hydrogen) atoms. The van der Waals surface area contributed by atoms with E-state index in [0.717, 1.165) is 47.0 Å². The zero-order valence-electron chi connectivity index (χ0n) is 16.2. The Morgan fingerprint density at radius 1 is 1.18 bits per heavy atom. The minimum atomic E-state index is -0.309. The van der Waals surface area contributed by atoms with E-state index in [9.17, 15) is 9.50 Å². The number of aliphatic hydroxyl groups is 1. The fraction of sp³-hybridized carbons (Fsp3) is 0.455. The third-order valence-electron chi connectivity index (χ3n) is 5.63. The van der Waals surface area contributed by atoms with E-state index in [2.05, 4.69) is 22.7 Å². The minimum absolute atomic E-state index is 0.174. The molecule has 1 unspecified atom stereocenters. The number of hydrogen-bond acceptors (Lipinski definition) is 3. The molecule has 0 radical (unpaired) electrons. The van der Waals surface area contributed by atoms with E-state index in [1.807, 2.05) is 6.20 Å². The van der Waals surface area contributed by atoms with E-state index < -0.39 is 0 Å². The predicted octanol–water partition coefficient (Wildman–Crippen LogP) is 3.86. The molecule has 0 amide bonds. The van der Waals surface area contributed by atoms with Crippen molar-refractivity contribution in [3.8, 4) is 5.69 Å². The summed E-state index contributed by atoms with van der Waals surface area (Å²) in [5, 5.41) is 11.1. The number of aliphatic hydroxyl groups excluding tert-OH is 1. The fourth-order valence-electron chi connectivity index (χ4n) is 4.00. The van der Waals surface area contributed by atoms with Crippen LogP contribution in [-0.2, 0) is 0 Å². The fourth-order valence-corrected chi connectivity index (χ4v) is 6.31. The first-order chi connectivity index (χ1) is 13.7. The Labute approximate surface area is 171 Å². The van der Waals surface area contributed by atoms with Crippen LogP contribution in [-0.4, -0.2) is 41.5 Å². The monoisotopic (exact) mass is 443 g/mol. The van der Waals surface area contributed by atoms with Gasteiger partial charge in [-0.3, -0.25) is 0 Å². The van der Waals surface area contributed by atoms with Gasteiger partial charge >= 0.3 is 172 Å². The van der Waals surface area contributed by atoms with Gasteiger partial charge in [-0.2, -0.15) is 0 Å². The number of benzene rings is 1. The summed E-state index contributed by atoms with van der Waals surface area (Å²) in [6.07, 6.45) is 10.0. The molecule has 1 atom stereocenters. The van der Waals surface area contributed by atoms with Crippen molar-refractivity contribution in [1.82, 2.24) is 14.5 Å². The van der Waals surface area contributed by atoms with E-state index in [4.69, 9.17) is 4.98 Å². The number of nitrogens with zero attached hydrogens (tertiary/aromatic N) is 3. The molecule has 2 aromatic heterocycles. The van der Waals surface area contributed by atoms with Crippen LogP contribution in [0.3, 0.4) is 0 Å². The van der Waals surface area contributed by atoms with Gasteiger partial charge in [0, 0.05) is 0 Å². The molecular formula is C22H27AsFN3O. The topological polar surface area (TPSA) is 50.9 Å². The first-order valence-electron chi connectivity index (χ1n) is 10.2. The van der Waals surface area contributed by atoms with E-state index in [1.54, 1.807) is 12.1 Å². The SMILES string of the molecule is CCCC[AsH]c1ncc2c(n1)c([C@H]1CC[C@H](O)CC1)cn2-c1ccc(F)cc1. The van der Waals surface area contributed by atoms with Crippen molar-refractivity contribution < 1.29 is 9.50 Å². The molecule has 1 saturated carbocycles. The standard InChI is InChI=1S/C22H27AsFN3O/c1-2-3-12-23-22-25-13-20-21(26-22)19(15-4-10-18(28)11-5-15)14-27(20)17-8-6-16(24)7-9-17/h6-9,13-15,18,23,28H,2-5,10-12H2,1H3/t15-,18-. The number of fused-ring (bicyclic) bond motifs is 1. The van der Waals surface area contributed by atoms with Crippen LogP contribution in [0.25, 0.3) is 16.7 Å². The summed E-state index contributed by atoms with van der Waals surface area (Å²) in [5.74, 6) is 0.174. The first-order valence-corrected chi connectivity index (χ1v) is 12.7. The van der Waals surface area contributed by atoms with Crippen LogP contribution in [0.2, 0.25) is 5.21 Å². The molecule has 0 aliphatic heterocycles. The average Bonchev–Trinajstić information content (AvgIpc) is 3.08. The van der Waals surface area contributed by atoms with Crippen molar-refractivity contribution in [2.45, 2.75) is 62.7 Å². The van der Waals surface area contributed by atoms with Crippen molar-refractivity contribution in [3.63, 3.8) is 0 Å². The normalized spacial score (nSPS) is 20.4. The number of unbranched alkanes of at least 4 members (excludes halogenated alkanes) is 1. The van der Waals surface area contributed by atoms with Gasteiger partial charge in [-0.15, -0.1) is 0 Å². The Morgan fingerprint density at radius 2 is 1.93 bits per heavy atom. The molecule has 4 rings (SSSR count). The summed E-state index contributed by atoms with van der Waals surface area (Å²) < 4.78 is 16.5. The number of hydrogen-bond donors (Lipinski definition) is 1. The quantitative estimate of drug-likeness (QED) is 0.465. The Bertz CT molecular complexity index is 933. The maximum absolute atomic E-state index is 13.4. The molecule has 0 saturated heterocycles. The number of rotatable bonds is 6. The van der Waals surface area contributed by atoms with Crippen LogP contribution in [0.5, 0.6) is 0 Å². The summed E-state index contributed by atoms with van der Waals surface area (Å²) in [6, 6.07) is 6.58. The summed E-state index contributed by atoms with van der Waals surface area (Å²) in [4.78, 5) is 9.65. The summed E-state index contributed by atoms with van der Waals surface area (Å²) in [5.41, 5.74) is 4.19. The van der Waals surface area contributed by atoms with Gasteiger partial charge in [0.1, 0.15) is 0 Å². The van der Waals surface area contributed by atoms with Crippen LogP contribution >= 0.6 is 0 Å². The zero-order valence-corrected chi connectivity index (χ0v) is 18.3. The second kappa shape index (κ2) is 8.75. The molecule has 3 aromatic rings. The van der Waals surface area contributed by atoms with Crippen LogP contribution in [0.15, 0.2) is 36.7 Å². The molecule has 1 aromatic carbocycles. The van der Waals surface area contributed by atoms with Crippen molar-refractivity contribution in [2.24, 2.45) is 0 Å². The van der Waals surface area contributed by atoms with Crippen molar-refractivity contribution in [1.29, 1.82) is 0 Å². The van der Waals surface area contributed by atoms with Crippen molar-refractivity contribution >= 4 is 31.4 Å². The predicted molar refractivity (Wildman–Crippen MR) is 113 cm³/mol. The van der Waals surface area contributed by atoms with Crippen LogP contribution in [0.1, 0.15) is 56.9 Å². The molecule has 4 nitrogen and oxygen atoms in total. The maximum atomic E-state index is 13.4. The van der Waals surface area contributed by atoms with Gasteiger partial charge < -0.3 is 0 Å². The summed E-state index contributed by atoms with van der Waals surface area (Å²) >= 11 is -0.309. The molecule has 1 aliphatic carbocycles. The Balaban J connectivity index is 1.75. The Hall–Kier alpha value is -1.71. The Kier molecular flexibility index (Phi) is 6.13. The van der Waals surface area contributed by atoms with E-state index in [0.29, 0.717) is 5.92 Å². The molecule has 6 heteroatoms. The molecule has 2 heterocycles. The van der Waals surface area contributed by atoms with Gasteiger partial charge in [-0.1, -0.05) is 0 Å². The van der Waals surface area contributed by atoms with Gasteiger partial charge in [0.2, 0.25) is 0 Å². The van der Waals surface area contributed by atoms with Crippen LogP contribution in [0.4, 0.5) is 4.39 Å². The zero-order chi connectivity index (χ0) is 19.5. The van der Waals surface area contributed by atoms with Gasteiger partial charge in [-0.05, 0) is 0 Å². The molecule has 0 spiro atoms. The average molecular weight is 443 g/mol. The van der Waals surface area contributed by atoms with Crippen molar-refractivity contribution in [2.75, 3.05) is 0 Å². The molecule has 0 bridgehead atoms. The van der Waals surface area contributed by atoms with Gasteiger partial charge in [0.15, 0.2) is 0 Å². The number of aromatic nitrogens is 3. The number of halogens is 1. The second-order valence-electron chi connectivity index (χ2n) is 7.64. The van der Waals surface area contributed by atoms with E-state index >= 15 is 0 Å². The summed E-state index contributed by atoms with van der Waals surface area (Å²) in [6.45, 7) is 2.22. The summed E-state index contributed by atoms with van der Waals surface area (Å²) in [7, 11) is 0. The molecular weight excluding hydrogens is 416 g/mol. The molecule has 1 aliphatic rings. The van der Waals surface area contributed by atoms with Crippen molar-refractivity contribution in [3.05, 3.63) is 48.0 Å². The van der Waals surface area contributed by atoms with Crippen LogP contribution in [0, 0.1) is 5.82 Å². The Morgan fingerprint density at radius 3 is 2.64 bits per heavy atom. The third kappa shape index (κ3) is 4.16. The molecule has 148 valence electrons. The van der Waals surface area contributed by atoms with Gasteiger partial charge in [-0.25, -0.2) is 0 Å². The second-order valence-corrected chi connectivity index (χ2v) is 10.4. The third-order valence-corrected chi connectivity index (χ3v) is 8.06. The van der Waals surface area contributed by atoms with E-state index in [-0.39, 0.29) is 27.7 Å². The first kappa shape index (κ1) is 19.6. The van der Waals surface area contributed by atoms with Crippen LogP contribution < -0.4 is 4.61 Å². The molecule has 1 N–H and O–H groups in total. The van der Waals surface area contributed by atoms with Gasteiger partial charge in [0.25, 0.3) is 0 Å². The molecule has 1 fully saturated rings. The van der Waals surface area contributed by atoms with Gasteiger partial charge in [0.05, 0.1) is 0 Å². The van der Waals surface area contributed by atoms with E-state index in [1.165, 1.54) is 35.7 Å².